The molecular weight excluding hydrogens is 308 g/mol. The van der Waals surface area contributed by atoms with Crippen molar-refractivity contribution in [2.75, 3.05) is 5.75 Å². The quantitative estimate of drug-likeness (QED) is 0.650. The fraction of sp³-hybridized carbons (Fsp3) is 0.357. The summed E-state index contributed by atoms with van der Waals surface area (Å²) in [5.74, 6) is -1.69. The largest absolute Gasteiger partial charge is 0.479 e. The van der Waals surface area contributed by atoms with E-state index in [1.54, 1.807) is 30.3 Å². The number of carbonyl (C=O) groups is 3. The maximum atomic E-state index is 12.0. The van der Waals surface area contributed by atoms with E-state index in [0.717, 1.165) is 11.8 Å². The van der Waals surface area contributed by atoms with Gasteiger partial charge in [0.25, 0.3) is 5.91 Å². The summed E-state index contributed by atoms with van der Waals surface area (Å²) in [6.45, 7) is 0. The van der Waals surface area contributed by atoms with Crippen molar-refractivity contribution in [1.82, 2.24) is 10.2 Å². The Morgan fingerprint density at radius 1 is 1.32 bits per heavy atom. The van der Waals surface area contributed by atoms with E-state index in [2.05, 4.69) is 5.32 Å². The molecule has 0 aliphatic carbocycles. The number of hydrogen-bond acceptors (Lipinski definition) is 5. The summed E-state index contributed by atoms with van der Waals surface area (Å²) in [4.78, 5) is 36.3. The number of fused-ring (bicyclic) bond motifs is 1. The molecule has 8 heteroatoms. The Morgan fingerprint density at radius 3 is 2.64 bits per heavy atom. The molecule has 3 N–H and O–H groups in total. The molecule has 3 rings (SSSR count). The third-order valence-electron chi connectivity index (χ3n) is 3.81. The Bertz CT molecular complexity index is 623. The number of aliphatic hydroxyl groups is 1. The number of hydrogen-bond donors (Lipinski definition) is 3. The summed E-state index contributed by atoms with van der Waals surface area (Å²) in [7, 11) is 0. The standard InChI is InChI=1S/C14H14N2O5S/c17-10(7-4-2-1-3-5-7)11(18)15-9-8-6-22-13(14(20)21)16(8)12(9)19/h1-5,8-10,13,17H,6H2,(H,15,18)(H,20,21). The highest BCUT2D eigenvalue weighted by molar-refractivity contribution is 8.00. The van der Waals surface area contributed by atoms with E-state index in [1.807, 2.05) is 0 Å². The lowest BCUT2D eigenvalue weighted by Gasteiger charge is -2.43. The highest BCUT2D eigenvalue weighted by Crippen LogP contribution is 2.38. The van der Waals surface area contributed by atoms with Crippen molar-refractivity contribution >= 4 is 29.5 Å². The Hall–Kier alpha value is -2.06. The minimum absolute atomic E-state index is 0.328. The number of amides is 2. The van der Waals surface area contributed by atoms with Crippen molar-refractivity contribution in [2.45, 2.75) is 23.6 Å². The Kier molecular flexibility index (Phi) is 3.79. The number of carboxylic acid groups (broad SMARTS) is 1. The zero-order chi connectivity index (χ0) is 15.9. The van der Waals surface area contributed by atoms with E-state index in [9.17, 15) is 19.5 Å². The van der Waals surface area contributed by atoms with Gasteiger partial charge in [0.05, 0.1) is 6.04 Å². The maximum absolute atomic E-state index is 12.0. The lowest BCUT2D eigenvalue weighted by Crippen LogP contribution is -2.71. The molecular formula is C14H14N2O5S. The van der Waals surface area contributed by atoms with E-state index < -0.39 is 35.3 Å². The van der Waals surface area contributed by atoms with Crippen LogP contribution in [0, 0.1) is 0 Å². The predicted octanol–water partition coefficient (Wildman–Crippen LogP) is -0.427. The van der Waals surface area contributed by atoms with Gasteiger partial charge in [-0.05, 0) is 5.56 Å². The highest BCUT2D eigenvalue weighted by Gasteiger charge is 2.57. The van der Waals surface area contributed by atoms with E-state index in [0.29, 0.717) is 11.3 Å². The molecule has 0 saturated carbocycles. The number of rotatable bonds is 4. The van der Waals surface area contributed by atoms with Crippen LogP contribution in [-0.2, 0) is 14.4 Å². The number of aliphatic hydroxyl groups excluding tert-OH is 1. The summed E-state index contributed by atoms with van der Waals surface area (Å²) < 4.78 is 0. The molecule has 2 aliphatic rings. The SMILES string of the molecule is O=C(NC1C(=O)N2C(C(=O)O)SCC12)C(O)c1ccccc1. The molecule has 2 amide bonds. The van der Waals surface area contributed by atoms with Crippen LogP contribution in [0.25, 0.3) is 0 Å². The molecule has 4 unspecified atom stereocenters. The summed E-state index contributed by atoms with van der Waals surface area (Å²) in [5, 5.41) is 20.6. The molecule has 4 atom stereocenters. The van der Waals surface area contributed by atoms with Gasteiger partial charge in [-0.25, -0.2) is 4.79 Å². The summed E-state index contributed by atoms with van der Waals surface area (Å²) >= 11 is 1.16. The molecule has 116 valence electrons. The molecule has 2 heterocycles. The Balaban J connectivity index is 1.64. The Morgan fingerprint density at radius 2 is 2.00 bits per heavy atom. The van der Waals surface area contributed by atoms with Crippen LogP contribution in [0.1, 0.15) is 11.7 Å². The third-order valence-corrected chi connectivity index (χ3v) is 5.09. The molecule has 0 aromatic heterocycles. The van der Waals surface area contributed by atoms with Crippen LogP contribution < -0.4 is 5.32 Å². The summed E-state index contributed by atoms with van der Waals surface area (Å²) in [6.07, 6.45) is -1.35. The van der Waals surface area contributed by atoms with Gasteiger partial charge in [0.15, 0.2) is 11.5 Å². The van der Waals surface area contributed by atoms with Crippen molar-refractivity contribution in [1.29, 1.82) is 0 Å². The topological polar surface area (TPSA) is 107 Å². The van der Waals surface area contributed by atoms with Gasteiger partial charge < -0.3 is 20.4 Å². The first-order chi connectivity index (χ1) is 10.5. The number of thioether (sulfide) groups is 1. The number of aliphatic carboxylic acids is 1. The van der Waals surface area contributed by atoms with Gasteiger partial charge in [0, 0.05) is 5.75 Å². The molecule has 2 aliphatic heterocycles. The number of carboxylic acids is 1. The van der Waals surface area contributed by atoms with Crippen LogP contribution in [0.3, 0.4) is 0 Å². The number of nitrogens with one attached hydrogen (secondary N) is 1. The second-order valence-electron chi connectivity index (χ2n) is 5.14. The fourth-order valence-electron chi connectivity index (χ4n) is 2.67. The van der Waals surface area contributed by atoms with E-state index in [-0.39, 0.29) is 6.04 Å². The van der Waals surface area contributed by atoms with Crippen molar-refractivity contribution in [3.05, 3.63) is 35.9 Å². The van der Waals surface area contributed by atoms with Crippen LogP contribution in [0.4, 0.5) is 0 Å². The van der Waals surface area contributed by atoms with Crippen molar-refractivity contribution in [3.63, 3.8) is 0 Å². The minimum Gasteiger partial charge on any atom is -0.479 e. The van der Waals surface area contributed by atoms with E-state index in [4.69, 9.17) is 5.11 Å². The minimum atomic E-state index is -1.35. The monoisotopic (exact) mass is 322 g/mol. The van der Waals surface area contributed by atoms with E-state index in [1.165, 1.54) is 4.90 Å². The van der Waals surface area contributed by atoms with Crippen LogP contribution in [0.2, 0.25) is 0 Å². The fourth-order valence-corrected chi connectivity index (χ4v) is 3.97. The average molecular weight is 322 g/mol. The predicted molar refractivity (Wildman–Crippen MR) is 77.8 cm³/mol. The maximum Gasteiger partial charge on any atom is 0.337 e. The van der Waals surface area contributed by atoms with Crippen molar-refractivity contribution in [3.8, 4) is 0 Å². The van der Waals surface area contributed by atoms with Crippen LogP contribution in [0.15, 0.2) is 30.3 Å². The highest BCUT2D eigenvalue weighted by atomic mass is 32.2. The zero-order valence-electron chi connectivity index (χ0n) is 11.4. The van der Waals surface area contributed by atoms with Gasteiger partial charge in [-0.3, -0.25) is 9.59 Å². The van der Waals surface area contributed by atoms with Crippen LogP contribution >= 0.6 is 11.8 Å². The lowest BCUT2D eigenvalue weighted by atomic mass is 9.96. The van der Waals surface area contributed by atoms with Gasteiger partial charge in [-0.2, -0.15) is 0 Å². The normalized spacial score (nSPS) is 27.8. The zero-order valence-corrected chi connectivity index (χ0v) is 12.2. The van der Waals surface area contributed by atoms with Gasteiger partial charge in [0.2, 0.25) is 5.91 Å². The number of nitrogens with zero attached hydrogens (tertiary/aromatic N) is 1. The first-order valence-electron chi connectivity index (χ1n) is 6.70. The lowest BCUT2D eigenvalue weighted by molar-refractivity contribution is -0.160. The van der Waals surface area contributed by atoms with Gasteiger partial charge in [0.1, 0.15) is 6.04 Å². The average Bonchev–Trinajstić information content (AvgIpc) is 2.93. The molecule has 1 aromatic carbocycles. The number of benzene rings is 1. The van der Waals surface area contributed by atoms with Crippen molar-refractivity contribution in [2.24, 2.45) is 0 Å². The molecule has 0 bridgehead atoms. The second kappa shape index (κ2) is 5.62. The van der Waals surface area contributed by atoms with Crippen molar-refractivity contribution < 1.29 is 24.6 Å². The summed E-state index contributed by atoms with van der Waals surface area (Å²) in [6, 6.07) is 7.31. The van der Waals surface area contributed by atoms with E-state index >= 15 is 0 Å². The first kappa shape index (κ1) is 14.9. The van der Waals surface area contributed by atoms with Crippen LogP contribution in [-0.4, -0.2) is 56.1 Å². The molecule has 7 nitrogen and oxygen atoms in total. The molecule has 0 radical (unpaired) electrons. The Labute approximate surface area is 130 Å². The van der Waals surface area contributed by atoms with Crippen LogP contribution in [0.5, 0.6) is 0 Å². The molecule has 22 heavy (non-hydrogen) atoms. The molecule has 2 fully saturated rings. The van der Waals surface area contributed by atoms with Gasteiger partial charge in [-0.15, -0.1) is 11.8 Å². The molecule has 0 spiro atoms. The van der Waals surface area contributed by atoms with Gasteiger partial charge in [-0.1, -0.05) is 30.3 Å². The second-order valence-corrected chi connectivity index (χ2v) is 6.25. The number of carbonyl (C=O) groups excluding carboxylic acids is 2. The molecule has 2 saturated heterocycles. The third kappa shape index (κ3) is 2.34. The number of β-lactam (4-membered cyclic amide) rings is 1. The first-order valence-corrected chi connectivity index (χ1v) is 7.75. The summed E-state index contributed by atoms with van der Waals surface area (Å²) in [5.41, 5.74) is 0.438. The van der Waals surface area contributed by atoms with Gasteiger partial charge >= 0.3 is 5.97 Å². The molecule has 1 aromatic rings. The smallest absolute Gasteiger partial charge is 0.337 e.